The number of hydrogen-bond donors (Lipinski definition) is 1. The van der Waals surface area contributed by atoms with Gasteiger partial charge in [0.05, 0.1) is 18.0 Å². The van der Waals surface area contributed by atoms with Gasteiger partial charge in [0, 0.05) is 6.42 Å². The molecule has 1 aromatic heterocycles. The standard InChI is InChI=1S/C20H17BrFN3O5/c1-28-18-4-2-3-5-19(18)29-11-13(26)10-17-20(25-30-24-17)16(23-27)9-12-6-7-15(22)14(21)8-12/h2-8,27H,9-11H2,1H3/b23-16+. The lowest BCUT2D eigenvalue weighted by atomic mass is 10.0. The summed E-state index contributed by atoms with van der Waals surface area (Å²) in [6.45, 7) is -0.219. The van der Waals surface area contributed by atoms with Crippen LogP contribution in [0.2, 0.25) is 0 Å². The van der Waals surface area contributed by atoms with Crippen molar-refractivity contribution in [1.82, 2.24) is 10.3 Å². The lowest BCUT2D eigenvalue weighted by Crippen LogP contribution is -2.17. The van der Waals surface area contributed by atoms with E-state index < -0.39 is 5.82 Å². The molecule has 8 nitrogen and oxygen atoms in total. The Morgan fingerprint density at radius 2 is 1.97 bits per heavy atom. The first-order valence-electron chi connectivity index (χ1n) is 8.76. The Kier molecular flexibility index (Phi) is 7.12. The summed E-state index contributed by atoms with van der Waals surface area (Å²) in [5.74, 6) is 0.242. The van der Waals surface area contributed by atoms with Gasteiger partial charge in [0.25, 0.3) is 0 Å². The maximum absolute atomic E-state index is 13.4. The van der Waals surface area contributed by atoms with Crippen LogP contribution in [-0.2, 0) is 17.6 Å². The van der Waals surface area contributed by atoms with Gasteiger partial charge in [0.1, 0.15) is 23.8 Å². The number of hydrogen-bond acceptors (Lipinski definition) is 8. The molecule has 0 bridgehead atoms. The number of Topliss-reactive ketones (excluding diaryl/α,β-unsaturated/α-hetero) is 1. The number of ketones is 1. The van der Waals surface area contributed by atoms with E-state index in [1.807, 2.05) is 0 Å². The van der Waals surface area contributed by atoms with Crippen LogP contribution >= 0.6 is 15.9 Å². The third-order valence-electron chi connectivity index (χ3n) is 4.13. The number of oxime groups is 1. The lowest BCUT2D eigenvalue weighted by molar-refractivity contribution is -0.120. The van der Waals surface area contributed by atoms with E-state index in [9.17, 15) is 14.4 Å². The Balaban J connectivity index is 1.67. The van der Waals surface area contributed by atoms with E-state index in [0.29, 0.717) is 17.1 Å². The number of methoxy groups -OCH3 is 1. The van der Waals surface area contributed by atoms with Crippen molar-refractivity contribution in [1.29, 1.82) is 0 Å². The second kappa shape index (κ2) is 9.97. The van der Waals surface area contributed by atoms with Crippen molar-refractivity contribution in [2.24, 2.45) is 5.16 Å². The largest absolute Gasteiger partial charge is 0.493 e. The van der Waals surface area contributed by atoms with E-state index in [-0.39, 0.29) is 46.8 Å². The topological polar surface area (TPSA) is 107 Å². The van der Waals surface area contributed by atoms with E-state index in [2.05, 4.69) is 31.4 Å². The van der Waals surface area contributed by atoms with Gasteiger partial charge in [0.2, 0.25) is 0 Å². The molecule has 1 N–H and O–H groups in total. The van der Waals surface area contributed by atoms with Gasteiger partial charge < -0.3 is 14.7 Å². The molecule has 3 aromatic rings. The maximum Gasteiger partial charge on any atom is 0.176 e. The van der Waals surface area contributed by atoms with Crippen LogP contribution < -0.4 is 9.47 Å². The predicted molar refractivity (Wildman–Crippen MR) is 108 cm³/mol. The molecule has 0 saturated heterocycles. The number of halogens is 2. The fraction of sp³-hybridized carbons (Fsp3) is 0.200. The van der Waals surface area contributed by atoms with Crippen LogP contribution in [0.25, 0.3) is 0 Å². The first-order chi connectivity index (χ1) is 14.5. The molecule has 2 aromatic carbocycles. The summed E-state index contributed by atoms with van der Waals surface area (Å²) in [5, 5.41) is 20.2. The highest BCUT2D eigenvalue weighted by Gasteiger charge is 2.21. The Bertz CT molecular complexity index is 1070. The van der Waals surface area contributed by atoms with Crippen LogP contribution in [0.3, 0.4) is 0 Å². The van der Waals surface area contributed by atoms with Crippen molar-refractivity contribution in [3.63, 3.8) is 0 Å². The summed E-state index contributed by atoms with van der Waals surface area (Å²) >= 11 is 3.11. The summed E-state index contributed by atoms with van der Waals surface area (Å²) in [6, 6.07) is 11.3. The minimum absolute atomic E-state index is 0.127. The SMILES string of the molecule is COc1ccccc1OCC(=O)Cc1nonc1/C(Cc1ccc(F)c(Br)c1)=N/O. The molecule has 0 unspecified atom stereocenters. The van der Waals surface area contributed by atoms with Gasteiger partial charge in [-0.1, -0.05) is 28.5 Å². The van der Waals surface area contributed by atoms with E-state index in [1.165, 1.54) is 13.2 Å². The van der Waals surface area contributed by atoms with Crippen molar-refractivity contribution in [3.05, 3.63) is 69.7 Å². The van der Waals surface area contributed by atoms with Gasteiger partial charge in [-0.05, 0) is 50.9 Å². The van der Waals surface area contributed by atoms with E-state index in [0.717, 1.165) is 0 Å². The van der Waals surface area contributed by atoms with Crippen LogP contribution in [0.15, 0.2) is 56.7 Å². The number of para-hydroxylation sites is 2. The molecule has 0 spiro atoms. The summed E-state index contributed by atoms with van der Waals surface area (Å²) in [4.78, 5) is 12.4. The lowest BCUT2D eigenvalue weighted by Gasteiger charge is -2.09. The molecule has 0 aliphatic heterocycles. The highest BCUT2D eigenvalue weighted by atomic mass is 79.9. The van der Waals surface area contributed by atoms with Crippen molar-refractivity contribution in [2.75, 3.05) is 13.7 Å². The molecule has 1 heterocycles. The molecule has 0 amide bonds. The molecular formula is C20H17BrFN3O5. The number of benzene rings is 2. The molecule has 0 aliphatic carbocycles. The third kappa shape index (κ3) is 5.20. The van der Waals surface area contributed by atoms with Crippen LogP contribution in [0.5, 0.6) is 11.5 Å². The minimum atomic E-state index is -0.411. The van der Waals surface area contributed by atoms with Gasteiger partial charge in [-0.2, -0.15) is 0 Å². The van der Waals surface area contributed by atoms with Gasteiger partial charge in [-0.15, -0.1) is 0 Å². The van der Waals surface area contributed by atoms with Gasteiger partial charge in [0.15, 0.2) is 23.0 Å². The quantitative estimate of drug-likeness (QED) is 0.285. The van der Waals surface area contributed by atoms with Gasteiger partial charge >= 0.3 is 0 Å². The number of rotatable bonds is 9. The molecular weight excluding hydrogens is 461 g/mol. The Hall–Kier alpha value is -3.27. The molecule has 10 heteroatoms. The van der Waals surface area contributed by atoms with E-state index in [1.54, 1.807) is 36.4 Å². The molecule has 0 radical (unpaired) electrons. The zero-order chi connectivity index (χ0) is 21.5. The zero-order valence-electron chi connectivity index (χ0n) is 15.8. The van der Waals surface area contributed by atoms with Crippen molar-refractivity contribution in [3.8, 4) is 11.5 Å². The third-order valence-corrected chi connectivity index (χ3v) is 4.74. The molecule has 30 heavy (non-hydrogen) atoms. The summed E-state index contributed by atoms with van der Waals surface area (Å²) in [6.07, 6.45) is -0.0113. The highest BCUT2D eigenvalue weighted by Crippen LogP contribution is 2.25. The predicted octanol–water partition coefficient (Wildman–Crippen LogP) is 3.59. The maximum atomic E-state index is 13.4. The fourth-order valence-electron chi connectivity index (χ4n) is 2.69. The highest BCUT2D eigenvalue weighted by molar-refractivity contribution is 9.10. The number of ether oxygens (including phenoxy) is 2. The summed E-state index contributed by atoms with van der Waals surface area (Å²) < 4.78 is 29.1. The molecule has 156 valence electrons. The van der Waals surface area contributed by atoms with Crippen LogP contribution in [0, 0.1) is 5.82 Å². The Labute approximate surface area is 179 Å². The van der Waals surface area contributed by atoms with Gasteiger partial charge in [-0.3, -0.25) is 4.79 Å². The van der Waals surface area contributed by atoms with Crippen molar-refractivity contribution in [2.45, 2.75) is 12.8 Å². The normalized spacial score (nSPS) is 11.4. The summed E-state index contributed by atoms with van der Waals surface area (Å²) in [7, 11) is 1.51. The van der Waals surface area contributed by atoms with Crippen molar-refractivity contribution < 1.29 is 28.5 Å². The number of nitrogens with zero attached hydrogens (tertiary/aromatic N) is 3. The fourth-order valence-corrected chi connectivity index (χ4v) is 3.11. The first kappa shape index (κ1) is 21.4. The van der Waals surface area contributed by atoms with Crippen LogP contribution in [0.4, 0.5) is 4.39 Å². The monoisotopic (exact) mass is 477 g/mol. The van der Waals surface area contributed by atoms with E-state index >= 15 is 0 Å². The molecule has 0 saturated carbocycles. The van der Waals surface area contributed by atoms with Gasteiger partial charge in [-0.25, -0.2) is 9.02 Å². The van der Waals surface area contributed by atoms with E-state index in [4.69, 9.17) is 14.1 Å². The second-order valence-corrected chi connectivity index (χ2v) is 7.04. The van der Waals surface area contributed by atoms with Crippen LogP contribution in [-0.4, -0.2) is 40.7 Å². The second-order valence-electron chi connectivity index (χ2n) is 6.19. The molecule has 0 fully saturated rings. The van der Waals surface area contributed by atoms with Crippen LogP contribution in [0.1, 0.15) is 17.0 Å². The smallest absolute Gasteiger partial charge is 0.176 e. The summed E-state index contributed by atoms with van der Waals surface area (Å²) in [5.41, 5.74) is 1.14. The zero-order valence-corrected chi connectivity index (χ0v) is 17.4. The number of aromatic nitrogens is 2. The van der Waals surface area contributed by atoms with Crippen molar-refractivity contribution >= 4 is 27.4 Å². The molecule has 3 rings (SSSR count). The average Bonchev–Trinajstić information content (AvgIpc) is 3.21. The number of carbonyl (C=O) groups is 1. The first-order valence-corrected chi connectivity index (χ1v) is 9.55. The Morgan fingerprint density at radius 3 is 2.67 bits per heavy atom. The number of carbonyl (C=O) groups excluding carboxylic acids is 1. The minimum Gasteiger partial charge on any atom is -0.493 e. The average molecular weight is 478 g/mol. The Morgan fingerprint density at radius 1 is 1.20 bits per heavy atom. The molecule has 0 aliphatic rings. The molecule has 0 atom stereocenters.